The number of nitrogens with zero attached hydrogens (tertiary/aromatic N) is 1. The molecule has 0 saturated heterocycles. The fraction of sp³-hybridized carbons (Fsp3) is 0.400. The Balaban J connectivity index is 3.30. The van der Waals surface area contributed by atoms with Crippen molar-refractivity contribution >= 4 is 33.2 Å². The summed E-state index contributed by atoms with van der Waals surface area (Å²) in [6, 6.07) is 2.49. The fourth-order valence-electron chi connectivity index (χ4n) is 1.42. The molecule has 0 spiro atoms. The molecular formula is C10H12Cl2F2N2O2S. The number of sulfonamides is 1. The van der Waals surface area contributed by atoms with Gasteiger partial charge in [0, 0.05) is 24.2 Å². The number of hydrogen-bond acceptors (Lipinski definition) is 3. The number of benzene rings is 1. The van der Waals surface area contributed by atoms with Gasteiger partial charge in [-0.2, -0.15) is 4.31 Å². The normalized spacial score (nSPS) is 12.4. The summed E-state index contributed by atoms with van der Waals surface area (Å²) in [6.45, 7) is -0.973. The second kappa shape index (κ2) is 6.32. The molecule has 0 aliphatic heterocycles. The van der Waals surface area contributed by atoms with Crippen LogP contribution in [0.1, 0.15) is 5.56 Å². The van der Waals surface area contributed by atoms with Crippen molar-refractivity contribution in [3.05, 3.63) is 27.7 Å². The van der Waals surface area contributed by atoms with E-state index in [-0.39, 0.29) is 27.0 Å². The van der Waals surface area contributed by atoms with Gasteiger partial charge in [0.1, 0.15) is 4.90 Å². The molecule has 0 aliphatic carbocycles. The maximum absolute atomic E-state index is 12.3. The van der Waals surface area contributed by atoms with Gasteiger partial charge in [0.2, 0.25) is 10.0 Å². The van der Waals surface area contributed by atoms with Crippen LogP contribution in [-0.2, 0) is 16.6 Å². The van der Waals surface area contributed by atoms with Crippen LogP contribution in [0, 0.1) is 0 Å². The predicted octanol–water partition coefficient (Wildman–Crippen LogP) is 2.34. The van der Waals surface area contributed by atoms with Crippen molar-refractivity contribution in [2.75, 3.05) is 13.6 Å². The molecule has 0 atom stereocenters. The Morgan fingerprint density at radius 1 is 1.37 bits per heavy atom. The molecule has 0 aromatic heterocycles. The molecule has 0 fully saturated rings. The number of rotatable bonds is 5. The van der Waals surface area contributed by atoms with E-state index in [1.54, 1.807) is 0 Å². The third kappa shape index (κ3) is 3.55. The molecule has 0 aliphatic rings. The van der Waals surface area contributed by atoms with Crippen LogP contribution < -0.4 is 5.73 Å². The molecule has 1 aromatic rings. The predicted molar refractivity (Wildman–Crippen MR) is 70.2 cm³/mol. The molecule has 2 N–H and O–H groups in total. The van der Waals surface area contributed by atoms with Gasteiger partial charge in [-0.3, -0.25) is 0 Å². The van der Waals surface area contributed by atoms with Gasteiger partial charge in [0.05, 0.1) is 11.6 Å². The van der Waals surface area contributed by atoms with Crippen molar-refractivity contribution < 1.29 is 17.2 Å². The largest absolute Gasteiger partial charge is 0.326 e. The standard InChI is InChI=1S/C10H12Cl2F2N2O2S/c1-16(5-9(13)14)19(17,18)8-3-2-7(11)6(4-15)10(8)12/h2-3,9H,4-5,15H2,1H3. The Hall–Kier alpha value is -0.470. The maximum atomic E-state index is 12.3. The van der Waals surface area contributed by atoms with Crippen molar-refractivity contribution in [3.8, 4) is 0 Å². The molecule has 4 nitrogen and oxygen atoms in total. The van der Waals surface area contributed by atoms with E-state index < -0.39 is 23.0 Å². The smallest absolute Gasteiger partial charge is 0.252 e. The van der Waals surface area contributed by atoms with Crippen LogP contribution in [0.3, 0.4) is 0 Å². The van der Waals surface area contributed by atoms with E-state index >= 15 is 0 Å². The molecule has 0 bridgehead atoms. The van der Waals surface area contributed by atoms with E-state index in [0.717, 1.165) is 7.05 Å². The lowest BCUT2D eigenvalue weighted by molar-refractivity contribution is 0.126. The van der Waals surface area contributed by atoms with Crippen molar-refractivity contribution in [1.82, 2.24) is 4.31 Å². The van der Waals surface area contributed by atoms with Gasteiger partial charge in [-0.25, -0.2) is 17.2 Å². The lowest BCUT2D eigenvalue weighted by atomic mass is 10.2. The van der Waals surface area contributed by atoms with Crippen molar-refractivity contribution in [2.45, 2.75) is 17.9 Å². The number of nitrogens with two attached hydrogens (primary N) is 1. The van der Waals surface area contributed by atoms with Gasteiger partial charge >= 0.3 is 0 Å². The molecule has 0 radical (unpaired) electrons. The molecule has 19 heavy (non-hydrogen) atoms. The Kier molecular flexibility index (Phi) is 5.52. The minimum absolute atomic E-state index is 0.0560. The molecule has 0 amide bonds. The summed E-state index contributed by atoms with van der Waals surface area (Å²) in [4.78, 5) is -0.290. The van der Waals surface area contributed by atoms with Crippen LogP contribution in [0.15, 0.2) is 17.0 Å². The summed E-state index contributed by atoms with van der Waals surface area (Å²) < 4.78 is 49.2. The monoisotopic (exact) mass is 332 g/mol. The third-order valence-corrected chi connectivity index (χ3v) is 5.20. The molecular weight excluding hydrogens is 321 g/mol. The lowest BCUT2D eigenvalue weighted by Gasteiger charge is -2.18. The van der Waals surface area contributed by atoms with Gasteiger partial charge in [0.25, 0.3) is 6.43 Å². The highest BCUT2D eigenvalue weighted by Crippen LogP contribution is 2.32. The Bertz CT molecular complexity index is 567. The van der Waals surface area contributed by atoms with E-state index in [9.17, 15) is 17.2 Å². The van der Waals surface area contributed by atoms with Gasteiger partial charge < -0.3 is 5.73 Å². The fourth-order valence-corrected chi connectivity index (χ4v) is 3.47. The van der Waals surface area contributed by atoms with Gasteiger partial charge in [0.15, 0.2) is 0 Å². The van der Waals surface area contributed by atoms with Crippen LogP contribution in [0.25, 0.3) is 0 Å². The quantitative estimate of drug-likeness (QED) is 0.900. The SMILES string of the molecule is CN(CC(F)F)S(=O)(=O)c1ccc(Cl)c(CN)c1Cl. The third-order valence-electron chi connectivity index (χ3n) is 2.44. The lowest BCUT2D eigenvalue weighted by Crippen LogP contribution is -2.31. The summed E-state index contributed by atoms with van der Waals surface area (Å²) in [5.41, 5.74) is 5.68. The summed E-state index contributed by atoms with van der Waals surface area (Å²) in [5.74, 6) is 0. The highest BCUT2D eigenvalue weighted by molar-refractivity contribution is 7.89. The zero-order chi connectivity index (χ0) is 14.8. The first kappa shape index (κ1) is 16.6. The van der Waals surface area contributed by atoms with Crippen molar-refractivity contribution in [3.63, 3.8) is 0 Å². The summed E-state index contributed by atoms with van der Waals surface area (Å²) >= 11 is 11.7. The average molecular weight is 333 g/mol. The second-order valence-corrected chi connectivity index (χ2v) is 6.52. The zero-order valence-electron chi connectivity index (χ0n) is 9.91. The van der Waals surface area contributed by atoms with E-state index in [4.69, 9.17) is 28.9 Å². The van der Waals surface area contributed by atoms with Crippen LogP contribution in [0.2, 0.25) is 10.0 Å². The topological polar surface area (TPSA) is 63.4 Å². The van der Waals surface area contributed by atoms with E-state index in [2.05, 4.69) is 0 Å². The first-order chi connectivity index (χ1) is 8.71. The van der Waals surface area contributed by atoms with E-state index in [1.807, 2.05) is 0 Å². The molecule has 0 heterocycles. The highest BCUT2D eigenvalue weighted by atomic mass is 35.5. The van der Waals surface area contributed by atoms with Crippen LogP contribution >= 0.6 is 23.2 Å². The Labute approximate surface area is 120 Å². The molecule has 1 aromatic carbocycles. The summed E-state index contributed by atoms with van der Waals surface area (Å²) in [5, 5.41) is 0.0825. The Morgan fingerprint density at radius 2 is 1.95 bits per heavy atom. The number of hydrogen-bond donors (Lipinski definition) is 1. The molecule has 0 unspecified atom stereocenters. The molecule has 108 valence electrons. The zero-order valence-corrected chi connectivity index (χ0v) is 12.2. The van der Waals surface area contributed by atoms with E-state index in [0.29, 0.717) is 4.31 Å². The maximum Gasteiger partial charge on any atom is 0.252 e. The second-order valence-electron chi connectivity index (χ2n) is 3.72. The Morgan fingerprint density at radius 3 is 2.42 bits per heavy atom. The first-order valence-corrected chi connectivity index (χ1v) is 7.32. The minimum Gasteiger partial charge on any atom is -0.326 e. The first-order valence-electron chi connectivity index (χ1n) is 5.13. The molecule has 1 rings (SSSR count). The summed E-state index contributed by atoms with van der Waals surface area (Å²) in [7, 11) is -3.06. The van der Waals surface area contributed by atoms with Crippen molar-refractivity contribution in [2.24, 2.45) is 5.73 Å². The van der Waals surface area contributed by atoms with Gasteiger partial charge in [-0.05, 0) is 12.1 Å². The molecule has 9 heteroatoms. The highest BCUT2D eigenvalue weighted by Gasteiger charge is 2.27. The van der Waals surface area contributed by atoms with Crippen LogP contribution in [0.5, 0.6) is 0 Å². The van der Waals surface area contributed by atoms with Crippen LogP contribution in [-0.4, -0.2) is 32.7 Å². The summed E-state index contributed by atoms with van der Waals surface area (Å²) in [6.07, 6.45) is -2.78. The average Bonchev–Trinajstić information content (AvgIpc) is 2.28. The molecule has 0 saturated carbocycles. The number of alkyl halides is 2. The van der Waals surface area contributed by atoms with Crippen LogP contribution in [0.4, 0.5) is 8.78 Å². The van der Waals surface area contributed by atoms with Crippen molar-refractivity contribution in [1.29, 1.82) is 0 Å². The van der Waals surface area contributed by atoms with Gasteiger partial charge in [-0.15, -0.1) is 0 Å². The van der Waals surface area contributed by atoms with E-state index in [1.165, 1.54) is 12.1 Å². The number of halogens is 4. The van der Waals surface area contributed by atoms with Gasteiger partial charge in [-0.1, -0.05) is 23.2 Å². The minimum atomic E-state index is -4.11.